The average molecular weight is 331 g/mol. The van der Waals surface area contributed by atoms with Gasteiger partial charge in [0, 0.05) is 17.6 Å². The lowest BCUT2D eigenvalue weighted by Crippen LogP contribution is -2.38. The van der Waals surface area contributed by atoms with Crippen LogP contribution in [0, 0.1) is 0 Å². The van der Waals surface area contributed by atoms with Gasteiger partial charge in [0.25, 0.3) is 5.91 Å². The standard InChI is InChI=1S/C17H15ClN2O3/c1-11(21)19-14-6-7-16-15(8-14)20(17(22)10-23-16)9-12-2-4-13(18)5-3-12/h2-8H,9-10H2,1H3,(H,19,21). The molecule has 23 heavy (non-hydrogen) atoms. The molecular formula is C17H15ClN2O3. The monoisotopic (exact) mass is 330 g/mol. The highest BCUT2D eigenvalue weighted by Crippen LogP contribution is 2.35. The maximum absolute atomic E-state index is 12.2. The number of benzene rings is 2. The number of amides is 2. The van der Waals surface area contributed by atoms with Crippen molar-refractivity contribution in [3.8, 4) is 5.75 Å². The molecule has 1 aliphatic rings. The van der Waals surface area contributed by atoms with Gasteiger partial charge in [-0.05, 0) is 35.9 Å². The molecule has 0 aromatic heterocycles. The summed E-state index contributed by atoms with van der Waals surface area (Å²) in [6, 6.07) is 12.6. The summed E-state index contributed by atoms with van der Waals surface area (Å²) in [7, 11) is 0. The summed E-state index contributed by atoms with van der Waals surface area (Å²) in [5.74, 6) is 0.317. The number of carbonyl (C=O) groups is 2. The number of ether oxygens (including phenoxy) is 1. The van der Waals surface area contributed by atoms with Crippen molar-refractivity contribution in [2.45, 2.75) is 13.5 Å². The molecule has 0 unspecified atom stereocenters. The van der Waals surface area contributed by atoms with Gasteiger partial charge in [-0.3, -0.25) is 9.59 Å². The Morgan fingerprint density at radius 1 is 1.26 bits per heavy atom. The van der Waals surface area contributed by atoms with E-state index in [0.29, 0.717) is 28.7 Å². The zero-order chi connectivity index (χ0) is 16.4. The van der Waals surface area contributed by atoms with Gasteiger partial charge >= 0.3 is 0 Å². The molecule has 118 valence electrons. The van der Waals surface area contributed by atoms with E-state index in [-0.39, 0.29) is 18.4 Å². The smallest absolute Gasteiger partial charge is 0.265 e. The SMILES string of the molecule is CC(=O)Nc1ccc2c(c1)N(Cc1ccc(Cl)cc1)C(=O)CO2. The zero-order valence-corrected chi connectivity index (χ0v) is 13.3. The summed E-state index contributed by atoms with van der Waals surface area (Å²) < 4.78 is 5.46. The fraction of sp³-hybridized carbons (Fsp3) is 0.176. The third-order valence-electron chi connectivity index (χ3n) is 3.48. The van der Waals surface area contributed by atoms with Gasteiger partial charge < -0.3 is 15.0 Å². The average Bonchev–Trinajstić information content (AvgIpc) is 2.51. The van der Waals surface area contributed by atoms with E-state index < -0.39 is 0 Å². The second-order valence-electron chi connectivity index (χ2n) is 5.26. The van der Waals surface area contributed by atoms with Crippen molar-refractivity contribution in [3.63, 3.8) is 0 Å². The maximum Gasteiger partial charge on any atom is 0.265 e. The Hall–Kier alpha value is -2.53. The van der Waals surface area contributed by atoms with E-state index in [2.05, 4.69) is 5.32 Å². The van der Waals surface area contributed by atoms with Crippen molar-refractivity contribution >= 4 is 34.8 Å². The Bertz CT molecular complexity index is 759. The minimum absolute atomic E-state index is 0.0000727. The molecule has 1 heterocycles. The van der Waals surface area contributed by atoms with Crippen LogP contribution in [0.1, 0.15) is 12.5 Å². The zero-order valence-electron chi connectivity index (χ0n) is 12.5. The van der Waals surface area contributed by atoms with Crippen molar-refractivity contribution in [2.75, 3.05) is 16.8 Å². The van der Waals surface area contributed by atoms with Gasteiger partial charge in [0.1, 0.15) is 5.75 Å². The fourth-order valence-corrected chi connectivity index (χ4v) is 2.55. The number of anilines is 2. The molecule has 2 aromatic carbocycles. The lowest BCUT2D eigenvalue weighted by molar-refractivity contribution is -0.121. The van der Waals surface area contributed by atoms with Gasteiger partial charge in [0.15, 0.2) is 6.61 Å². The Labute approximate surface area is 138 Å². The first-order chi connectivity index (χ1) is 11.0. The van der Waals surface area contributed by atoms with Crippen LogP contribution in [0.2, 0.25) is 5.02 Å². The predicted octanol–water partition coefficient (Wildman–Crippen LogP) is 3.22. The van der Waals surface area contributed by atoms with Gasteiger partial charge in [-0.15, -0.1) is 0 Å². The number of halogens is 1. The van der Waals surface area contributed by atoms with E-state index in [4.69, 9.17) is 16.3 Å². The maximum atomic E-state index is 12.2. The highest BCUT2D eigenvalue weighted by molar-refractivity contribution is 6.30. The summed E-state index contributed by atoms with van der Waals surface area (Å²) in [6.45, 7) is 1.85. The van der Waals surface area contributed by atoms with Crippen LogP contribution in [-0.2, 0) is 16.1 Å². The minimum atomic E-state index is -0.169. The lowest BCUT2D eigenvalue weighted by atomic mass is 10.1. The third-order valence-corrected chi connectivity index (χ3v) is 3.73. The van der Waals surface area contributed by atoms with E-state index >= 15 is 0 Å². The van der Waals surface area contributed by atoms with Crippen LogP contribution in [-0.4, -0.2) is 18.4 Å². The second kappa shape index (κ2) is 6.30. The Kier molecular flexibility index (Phi) is 4.21. The second-order valence-corrected chi connectivity index (χ2v) is 5.70. The first-order valence-electron chi connectivity index (χ1n) is 7.12. The van der Waals surface area contributed by atoms with Crippen molar-refractivity contribution in [3.05, 3.63) is 53.1 Å². The van der Waals surface area contributed by atoms with E-state index in [1.54, 1.807) is 35.2 Å². The summed E-state index contributed by atoms with van der Waals surface area (Å²) in [6.07, 6.45) is 0. The molecule has 2 aromatic rings. The highest BCUT2D eigenvalue weighted by Gasteiger charge is 2.26. The van der Waals surface area contributed by atoms with Crippen LogP contribution in [0.5, 0.6) is 5.75 Å². The first-order valence-corrected chi connectivity index (χ1v) is 7.50. The molecule has 3 rings (SSSR count). The van der Waals surface area contributed by atoms with E-state index in [9.17, 15) is 9.59 Å². The van der Waals surface area contributed by atoms with Gasteiger partial charge in [-0.1, -0.05) is 23.7 Å². The number of fused-ring (bicyclic) bond motifs is 1. The van der Waals surface area contributed by atoms with Crippen LogP contribution in [0.25, 0.3) is 0 Å². The van der Waals surface area contributed by atoms with Crippen molar-refractivity contribution in [1.82, 2.24) is 0 Å². The number of nitrogens with zero attached hydrogens (tertiary/aromatic N) is 1. The molecule has 5 nitrogen and oxygen atoms in total. The Balaban J connectivity index is 1.92. The van der Waals surface area contributed by atoms with Crippen LogP contribution in [0.4, 0.5) is 11.4 Å². The lowest BCUT2D eigenvalue weighted by Gasteiger charge is -2.30. The van der Waals surface area contributed by atoms with Crippen molar-refractivity contribution < 1.29 is 14.3 Å². The molecular weight excluding hydrogens is 316 g/mol. The van der Waals surface area contributed by atoms with Crippen molar-refractivity contribution in [1.29, 1.82) is 0 Å². The Morgan fingerprint density at radius 3 is 2.70 bits per heavy atom. The van der Waals surface area contributed by atoms with Crippen LogP contribution < -0.4 is 15.0 Å². The molecule has 0 saturated heterocycles. The molecule has 0 fully saturated rings. The van der Waals surface area contributed by atoms with Gasteiger partial charge in [-0.2, -0.15) is 0 Å². The number of hydrogen-bond donors (Lipinski definition) is 1. The summed E-state index contributed by atoms with van der Waals surface area (Å²) in [5, 5.41) is 3.36. The molecule has 0 bridgehead atoms. The summed E-state index contributed by atoms with van der Waals surface area (Å²) >= 11 is 5.89. The number of rotatable bonds is 3. The molecule has 0 radical (unpaired) electrons. The van der Waals surface area contributed by atoms with E-state index in [0.717, 1.165) is 5.56 Å². The van der Waals surface area contributed by atoms with Crippen LogP contribution in [0.15, 0.2) is 42.5 Å². The molecule has 2 amide bonds. The van der Waals surface area contributed by atoms with Gasteiger partial charge in [-0.25, -0.2) is 0 Å². The van der Waals surface area contributed by atoms with Gasteiger partial charge in [0.2, 0.25) is 5.91 Å². The number of carbonyl (C=O) groups excluding carboxylic acids is 2. The largest absolute Gasteiger partial charge is 0.482 e. The quantitative estimate of drug-likeness (QED) is 0.940. The molecule has 0 atom stereocenters. The predicted molar refractivity (Wildman–Crippen MR) is 88.9 cm³/mol. The van der Waals surface area contributed by atoms with Gasteiger partial charge in [0.05, 0.1) is 12.2 Å². The number of hydrogen-bond acceptors (Lipinski definition) is 3. The summed E-state index contributed by atoms with van der Waals surface area (Å²) in [5.41, 5.74) is 2.22. The van der Waals surface area contributed by atoms with Crippen molar-refractivity contribution in [2.24, 2.45) is 0 Å². The molecule has 0 aliphatic carbocycles. The third kappa shape index (κ3) is 3.46. The first kappa shape index (κ1) is 15.4. The minimum Gasteiger partial charge on any atom is -0.482 e. The molecule has 1 N–H and O–H groups in total. The number of nitrogens with one attached hydrogen (secondary N) is 1. The molecule has 6 heteroatoms. The van der Waals surface area contributed by atoms with E-state index in [1.165, 1.54) is 6.92 Å². The summed E-state index contributed by atoms with van der Waals surface area (Å²) in [4.78, 5) is 25.1. The Morgan fingerprint density at radius 2 is 2.00 bits per heavy atom. The molecule has 1 aliphatic heterocycles. The topological polar surface area (TPSA) is 58.6 Å². The highest BCUT2D eigenvalue weighted by atomic mass is 35.5. The van der Waals surface area contributed by atoms with E-state index in [1.807, 2.05) is 12.1 Å². The fourth-order valence-electron chi connectivity index (χ4n) is 2.43. The molecule has 0 spiro atoms. The van der Waals surface area contributed by atoms with Crippen LogP contribution >= 0.6 is 11.6 Å². The normalized spacial score (nSPS) is 13.3. The van der Waals surface area contributed by atoms with Crippen LogP contribution in [0.3, 0.4) is 0 Å². The molecule has 0 saturated carbocycles.